The van der Waals surface area contributed by atoms with Gasteiger partial charge in [-0.15, -0.1) is 0 Å². The molecule has 1 aromatic heterocycles. The molecular formula is C15H17N5O. The van der Waals surface area contributed by atoms with Crippen LogP contribution in [0.2, 0.25) is 0 Å². The van der Waals surface area contributed by atoms with Crippen molar-refractivity contribution in [3.8, 4) is 11.3 Å². The van der Waals surface area contributed by atoms with E-state index in [9.17, 15) is 4.79 Å². The van der Waals surface area contributed by atoms with Crippen LogP contribution in [0.5, 0.6) is 0 Å². The highest BCUT2D eigenvalue weighted by molar-refractivity contribution is 6.08. The van der Waals surface area contributed by atoms with Crippen LogP contribution in [0.1, 0.15) is 12.6 Å². The molecule has 0 fully saturated rings. The molecule has 1 aliphatic rings. The predicted octanol–water partition coefficient (Wildman–Crippen LogP) is 0.981. The Morgan fingerprint density at radius 1 is 1.33 bits per heavy atom. The van der Waals surface area contributed by atoms with E-state index in [1.165, 1.54) is 6.92 Å². The fourth-order valence-electron chi connectivity index (χ4n) is 2.45. The van der Waals surface area contributed by atoms with Crippen molar-refractivity contribution in [1.29, 1.82) is 0 Å². The van der Waals surface area contributed by atoms with Crippen molar-refractivity contribution in [2.24, 2.45) is 17.8 Å². The topological polar surface area (TPSA) is 76.5 Å². The van der Waals surface area contributed by atoms with Gasteiger partial charge in [-0.05, 0) is 6.07 Å². The Labute approximate surface area is 122 Å². The summed E-state index contributed by atoms with van der Waals surface area (Å²) in [5.74, 6) is 0.524. The Bertz CT molecular complexity index is 704. The minimum atomic E-state index is -0.376. The second-order valence-corrected chi connectivity index (χ2v) is 5.05. The quantitative estimate of drug-likeness (QED) is 0.892. The molecule has 108 valence electrons. The second kappa shape index (κ2) is 5.14. The number of aromatic nitrogens is 2. The van der Waals surface area contributed by atoms with E-state index in [2.05, 4.69) is 10.1 Å². The summed E-state index contributed by atoms with van der Waals surface area (Å²) in [6.07, 6.45) is -0.376. The van der Waals surface area contributed by atoms with E-state index in [-0.39, 0.29) is 12.1 Å². The summed E-state index contributed by atoms with van der Waals surface area (Å²) in [7, 11) is 1.84. The third-order valence-electron chi connectivity index (χ3n) is 3.47. The van der Waals surface area contributed by atoms with Crippen molar-refractivity contribution in [3.05, 3.63) is 42.1 Å². The molecule has 1 amide bonds. The van der Waals surface area contributed by atoms with Crippen molar-refractivity contribution in [2.45, 2.75) is 13.1 Å². The van der Waals surface area contributed by atoms with Crippen molar-refractivity contribution in [1.82, 2.24) is 14.7 Å². The van der Waals surface area contributed by atoms with Crippen LogP contribution >= 0.6 is 0 Å². The molecule has 6 nitrogen and oxygen atoms in total. The minimum absolute atomic E-state index is 0.0656. The highest BCUT2D eigenvalue weighted by Gasteiger charge is 2.29. The van der Waals surface area contributed by atoms with Gasteiger partial charge in [0.05, 0.1) is 12.2 Å². The lowest BCUT2D eigenvalue weighted by atomic mass is 10.1. The van der Waals surface area contributed by atoms with Gasteiger partial charge in [0, 0.05) is 19.5 Å². The maximum atomic E-state index is 11.7. The van der Waals surface area contributed by atoms with E-state index < -0.39 is 0 Å². The summed E-state index contributed by atoms with van der Waals surface area (Å²) in [5.41, 5.74) is 8.51. The second-order valence-electron chi connectivity index (χ2n) is 5.05. The number of nitrogens with zero attached hydrogens (tertiary/aromatic N) is 4. The molecule has 1 atom stereocenters. The standard InChI is InChI=1S/C15H17N5O/c1-10(21)20-9-14(16)17-15(20)13-8-12(18-19(13)2)11-6-4-3-5-7-11/h3-8,14H,9,16H2,1-2H3. The molecule has 6 heteroatoms. The molecule has 0 aliphatic carbocycles. The Hall–Kier alpha value is -2.47. The summed E-state index contributed by atoms with van der Waals surface area (Å²) in [6, 6.07) is 11.8. The van der Waals surface area contributed by atoms with Gasteiger partial charge in [0.1, 0.15) is 11.9 Å². The first-order valence-electron chi connectivity index (χ1n) is 6.77. The van der Waals surface area contributed by atoms with Gasteiger partial charge in [0.25, 0.3) is 0 Å². The Balaban J connectivity index is 2.02. The first kappa shape index (κ1) is 13.5. The maximum Gasteiger partial charge on any atom is 0.225 e. The number of amides is 1. The molecule has 2 heterocycles. The average Bonchev–Trinajstić information content (AvgIpc) is 3.03. The van der Waals surface area contributed by atoms with Gasteiger partial charge < -0.3 is 5.73 Å². The minimum Gasteiger partial charge on any atom is -0.308 e. The molecule has 0 spiro atoms. The summed E-state index contributed by atoms with van der Waals surface area (Å²) in [4.78, 5) is 17.7. The number of nitrogens with two attached hydrogens (primary N) is 1. The number of hydrogen-bond acceptors (Lipinski definition) is 4. The molecule has 1 aliphatic heterocycles. The molecule has 0 saturated carbocycles. The molecule has 21 heavy (non-hydrogen) atoms. The third-order valence-corrected chi connectivity index (χ3v) is 3.47. The monoisotopic (exact) mass is 283 g/mol. The van der Waals surface area contributed by atoms with Gasteiger partial charge >= 0.3 is 0 Å². The van der Waals surface area contributed by atoms with Gasteiger partial charge in [-0.3, -0.25) is 14.4 Å². The van der Waals surface area contributed by atoms with Crippen molar-refractivity contribution in [3.63, 3.8) is 0 Å². The fourth-order valence-corrected chi connectivity index (χ4v) is 2.45. The van der Waals surface area contributed by atoms with Gasteiger partial charge in [-0.25, -0.2) is 4.99 Å². The summed E-state index contributed by atoms with van der Waals surface area (Å²) < 4.78 is 1.73. The van der Waals surface area contributed by atoms with Crippen LogP contribution < -0.4 is 5.73 Å². The van der Waals surface area contributed by atoms with Crippen molar-refractivity contribution >= 4 is 11.7 Å². The normalized spacial score (nSPS) is 18.0. The molecular weight excluding hydrogens is 266 g/mol. The number of aryl methyl sites for hydroxylation is 1. The number of carbonyl (C=O) groups is 1. The van der Waals surface area contributed by atoms with Gasteiger partial charge in [0.2, 0.25) is 5.91 Å². The SMILES string of the molecule is CC(=O)N1CC(N)N=C1c1cc(-c2ccccc2)nn1C. The Kier molecular flexibility index (Phi) is 3.31. The molecule has 0 radical (unpaired) electrons. The van der Waals surface area contributed by atoms with Crippen LogP contribution in [0, 0.1) is 0 Å². The third kappa shape index (κ3) is 2.45. The van der Waals surface area contributed by atoms with E-state index in [1.54, 1.807) is 9.58 Å². The van der Waals surface area contributed by atoms with Crippen LogP contribution in [0.25, 0.3) is 11.3 Å². The largest absolute Gasteiger partial charge is 0.308 e. The summed E-state index contributed by atoms with van der Waals surface area (Å²) in [5, 5.41) is 4.50. The molecule has 3 rings (SSSR count). The zero-order valence-electron chi connectivity index (χ0n) is 12.0. The Morgan fingerprint density at radius 2 is 2.05 bits per heavy atom. The van der Waals surface area contributed by atoms with Gasteiger partial charge in [0.15, 0.2) is 5.84 Å². The lowest BCUT2D eigenvalue weighted by Crippen LogP contribution is -2.36. The lowest BCUT2D eigenvalue weighted by molar-refractivity contribution is -0.124. The summed E-state index contributed by atoms with van der Waals surface area (Å²) >= 11 is 0. The van der Waals surface area contributed by atoms with Crippen LogP contribution in [-0.2, 0) is 11.8 Å². The maximum absolute atomic E-state index is 11.7. The highest BCUT2D eigenvalue weighted by atomic mass is 16.2. The van der Waals surface area contributed by atoms with Crippen LogP contribution in [0.3, 0.4) is 0 Å². The summed E-state index contributed by atoms with van der Waals surface area (Å²) in [6.45, 7) is 1.93. The van der Waals surface area contributed by atoms with E-state index in [0.29, 0.717) is 12.4 Å². The average molecular weight is 283 g/mol. The molecule has 2 N–H and O–H groups in total. The number of rotatable bonds is 2. The van der Waals surface area contributed by atoms with Gasteiger partial charge in [-0.2, -0.15) is 5.10 Å². The van der Waals surface area contributed by atoms with E-state index in [0.717, 1.165) is 17.0 Å². The van der Waals surface area contributed by atoms with Crippen LogP contribution in [0.15, 0.2) is 41.4 Å². The number of benzene rings is 1. The van der Waals surface area contributed by atoms with E-state index in [1.807, 2.05) is 43.4 Å². The Morgan fingerprint density at radius 3 is 2.71 bits per heavy atom. The first-order valence-corrected chi connectivity index (χ1v) is 6.77. The van der Waals surface area contributed by atoms with Gasteiger partial charge in [-0.1, -0.05) is 30.3 Å². The number of amidine groups is 1. The molecule has 1 unspecified atom stereocenters. The highest BCUT2D eigenvalue weighted by Crippen LogP contribution is 2.21. The van der Waals surface area contributed by atoms with Crippen LogP contribution in [-0.4, -0.2) is 39.1 Å². The molecule has 0 bridgehead atoms. The number of aliphatic imine (C=N–C) groups is 1. The lowest BCUT2D eigenvalue weighted by Gasteiger charge is -2.15. The molecule has 1 aromatic carbocycles. The van der Waals surface area contributed by atoms with Crippen molar-refractivity contribution in [2.75, 3.05) is 6.54 Å². The molecule has 2 aromatic rings. The van der Waals surface area contributed by atoms with Crippen LogP contribution in [0.4, 0.5) is 0 Å². The number of carbonyl (C=O) groups excluding carboxylic acids is 1. The smallest absolute Gasteiger partial charge is 0.225 e. The van der Waals surface area contributed by atoms with E-state index >= 15 is 0 Å². The zero-order chi connectivity index (χ0) is 15.0. The van der Waals surface area contributed by atoms with Crippen molar-refractivity contribution < 1.29 is 4.79 Å². The first-order chi connectivity index (χ1) is 10.1. The fraction of sp³-hybridized carbons (Fsp3) is 0.267. The predicted molar refractivity (Wildman–Crippen MR) is 80.5 cm³/mol. The van der Waals surface area contributed by atoms with E-state index in [4.69, 9.17) is 5.73 Å². The zero-order valence-corrected chi connectivity index (χ0v) is 12.0. The molecule has 0 saturated heterocycles. The number of hydrogen-bond donors (Lipinski definition) is 1.